The van der Waals surface area contributed by atoms with Crippen LogP contribution in [0.5, 0.6) is 0 Å². The lowest BCUT2D eigenvalue weighted by Gasteiger charge is -2.31. The molecule has 0 aromatic heterocycles. The maximum absolute atomic E-state index is 6.10. The summed E-state index contributed by atoms with van der Waals surface area (Å²) in [5.41, 5.74) is 5.20. The molecule has 0 aliphatic carbocycles. The largest absolute Gasteiger partial charge is 0.370 e. The van der Waals surface area contributed by atoms with E-state index in [1.807, 2.05) is 6.07 Å². The molecular formula is C18H21NO. The summed E-state index contributed by atoms with van der Waals surface area (Å²) in [5.74, 6) is 0. The number of hydrogen-bond donors (Lipinski definition) is 1. The fourth-order valence-corrected chi connectivity index (χ4v) is 2.79. The lowest BCUT2D eigenvalue weighted by molar-refractivity contribution is 0.00202. The minimum atomic E-state index is 0.162. The van der Waals surface area contributed by atoms with Crippen LogP contribution >= 0.6 is 0 Å². The van der Waals surface area contributed by atoms with E-state index >= 15 is 0 Å². The van der Waals surface area contributed by atoms with E-state index < -0.39 is 0 Å². The van der Waals surface area contributed by atoms with E-state index in [9.17, 15) is 0 Å². The van der Waals surface area contributed by atoms with Crippen molar-refractivity contribution < 1.29 is 4.74 Å². The van der Waals surface area contributed by atoms with Crippen LogP contribution in [0.1, 0.15) is 34.4 Å². The second kappa shape index (κ2) is 5.78. The molecule has 1 heterocycles. The number of aryl methyl sites for hydroxylation is 2. The minimum absolute atomic E-state index is 0.162. The van der Waals surface area contributed by atoms with Crippen molar-refractivity contribution in [2.24, 2.45) is 0 Å². The third-order valence-corrected chi connectivity index (χ3v) is 4.00. The summed E-state index contributed by atoms with van der Waals surface area (Å²) < 4.78 is 6.10. The van der Waals surface area contributed by atoms with E-state index in [1.165, 1.54) is 22.3 Å². The van der Waals surface area contributed by atoms with Gasteiger partial charge in [0.2, 0.25) is 0 Å². The Morgan fingerprint density at radius 1 is 1.05 bits per heavy atom. The lowest BCUT2D eigenvalue weighted by Crippen LogP contribution is -2.37. The van der Waals surface area contributed by atoms with Crippen LogP contribution in [0.15, 0.2) is 48.5 Å². The molecule has 0 radical (unpaired) electrons. The zero-order valence-corrected chi connectivity index (χ0v) is 12.1. The number of benzene rings is 2. The highest BCUT2D eigenvalue weighted by molar-refractivity contribution is 5.33. The van der Waals surface area contributed by atoms with Crippen molar-refractivity contribution in [2.75, 3.05) is 13.2 Å². The van der Waals surface area contributed by atoms with Gasteiger partial charge in [0.05, 0.1) is 18.8 Å². The normalized spacial score (nSPS) is 22.7. The minimum Gasteiger partial charge on any atom is -0.370 e. The van der Waals surface area contributed by atoms with Gasteiger partial charge in [-0.25, -0.2) is 0 Å². The highest BCUT2D eigenvalue weighted by Crippen LogP contribution is 2.28. The molecular weight excluding hydrogens is 246 g/mol. The van der Waals surface area contributed by atoms with E-state index in [-0.39, 0.29) is 6.10 Å². The third kappa shape index (κ3) is 2.77. The number of rotatable bonds is 2. The van der Waals surface area contributed by atoms with Crippen molar-refractivity contribution in [3.63, 3.8) is 0 Å². The molecule has 1 N–H and O–H groups in total. The van der Waals surface area contributed by atoms with Crippen molar-refractivity contribution in [3.8, 4) is 0 Å². The molecule has 0 amide bonds. The quantitative estimate of drug-likeness (QED) is 0.895. The Morgan fingerprint density at radius 3 is 2.55 bits per heavy atom. The predicted octanol–water partition coefficient (Wildman–Crippen LogP) is 3.71. The zero-order valence-electron chi connectivity index (χ0n) is 12.1. The monoisotopic (exact) mass is 267 g/mol. The van der Waals surface area contributed by atoms with Crippen LogP contribution in [-0.4, -0.2) is 13.2 Å². The average Bonchev–Trinajstić information content (AvgIpc) is 2.51. The molecule has 1 fully saturated rings. The van der Waals surface area contributed by atoms with E-state index in [2.05, 4.69) is 61.6 Å². The van der Waals surface area contributed by atoms with Crippen molar-refractivity contribution >= 4 is 0 Å². The molecule has 1 aliphatic heterocycles. The molecule has 2 unspecified atom stereocenters. The summed E-state index contributed by atoms with van der Waals surface area (Å²) >= 11 is 0. The molecule has 0 bridgehead atoms. The topological polar surface area (TPSA) is 21.3 Å². The first-order valence-corrected chi connectivity index (χ1v) is 7.21. The second-order valence-corrected chi connectivity index (χ2v) is 5.55. The molecule has 0 saturated carbocycles. The van der Waals surface area contributed by atoms with Crippen molar-refractivity contribution in [1.82, 2.24) is 5.32 Å². The van der Waals surface area contributed by atoms with Crippen LogP contribution in [0.25, 0.3) is 0 Å². The van der Waals surface area contributed by atoms with Crippen LogP contribution in [0.2, 0.25) is 0 Å². The number of nitrogens with one attached hydrogen (secondary N) is 1. The van der Waals surface area contributed by atoms with E-state index in [0.717, 1.165) is 13.2 Å². The fourth-order valence-electron chi connectivity index (χ4n) is 2.79. The molecule has 2 heteroatoms. The molecule has 104 valence electrons. The Hall–Kier alpha value is -1.64. The van der Waals surface area contributed by atoms with Gasteiger partial charge < -0.3 is 10.1 Å². The maximum Gasteiger partial charge on any atom is 0.0953 e. The van der Waals surface area contributed by atoms with Crippen molar-refractivity contribution in [2.45, 2.75) is 26.0 Å². The third-order valence-electron chi connectivity index (χ3n) is 4.00. The molecule has 2 nitrogen and oxygen atoms in total. The Morgan fingerprint density at radius 2 is 1.85 bits per heavy atom. The first-order valence-electron chi connectivity index (χ1n) is 7.21. The van der Waals surface area contributed by atoms with Gasteiger partial charge in [-0.05, 0) is 30.5 Å². The van der Waals surface area contributed by atoms with Gasteiger partial charge in [-0.1, -0.05) is 54.1 Å². The van der Waals surface area contributed by atoms with E-state index in [4.69, 9.17) is 4.74 Å². The summed E-state index contributed by atoms with van der Waals surface area (Å²) in [6, 6.07) is 17.4. The van der Waals surface area contributed by atoms with Gasteiger partial charge in [0, 0.05) is 6.54 Å². The summed E-state index contributed by atoms with van der Waals surface area (Å²) in [5, 5.41) is 3.61. The highest BCUT2D eigenvalue weighted by Gasteiger charge is 2.24. The summed E-state index contributed by atoms with van der Waals surface area (Å²) in [6.07, 6.45) is 0.162. The van der Waals surface area contributed by atoms with Gasteiger partial charge in [-0.2, -0.15) is 0 Å². The van der Waals surface area contributed by atoms with Crippen LogP contribution < -0.4 is 5.32 Å². The van der Waals surface area contributed by atoms with Gasteiger partial charge >= 0.3 is 0 Å². The summed E-state index contributed by atoms with van der Waals surface area (Å²) in [6.45, 7) is 5.87. The smallest absolute Gasteiger partial charge is 0.0953 e. The van der Waals surface area contributed by atoms with Crippen molar-refractivity contribution in [1.29, 1.82) is 0 Å². The van der Waals surface area contributed by atoms with Gasteiger partial charge in [-0.3, -0.25) is 0 Å². The van der Waals surface area contributed by atoms with Gasteiger partial charge in [0.25, 0.3) is 0 Å². The van der Waals surface area contributed by atoms with Gasteiger partial charge in [-0.15, -0.1) is 0 Å². The molecule has 2 aromatic rings. The van der Waals surface area contributed by atoms with E-state index in [1.54, 1.807) is 0 Å². The summed E-state index contributed by atoms with van der Waals surface area (Å²) in [4.78, 5) is 0. The Bertz CT molecular complexity index is 571. The van der Waals surface area contributed by atoms with Gasteiger partial charge in [0.1, 0.15) is 0 Å². The van der Waals surface area contributed by atoms with Crippen LogP contribution in [0, 0.1) is 13.8 Å². The SMILES string of the molecule is Cc1ccc(C)c(C2CNC(c3ccccc3)CO2)c1. The van der Waals surface area contributed by atoms with Crippen molar-refractivity contribution in [3.05, 3.63) is 70.8 Å². The molecule has 0 spiro atoms. The molecule has 3 rings (SSSR count). The van der Waals surface area contributed by atoms with Gasteiger partial charge in [0.15, 0.2) is 0 Å². The molecule has 1 saturated heterocycles. The number of ether oxygens (including phenoxy) is 1. The molecule has 2 atom stereocenters. The first kappa shape index (κ1) is 13.3. The second-order valence-electron chi connectivity index (χ2n) is 5.55. The van der Waals surface area contributed by atoms with Crippen LogP contribution in [0.3, 0.4) is 0 Å². The highest BCUT2D eigenvalue weighted by atomic mass is 16.5. The fraction of sp³-hybridized carbons (Fsp3) is 0.333. The van der Waals surface area contributed by atoms with E-state index in [0.29, 0.717) is 6.04 Å². The molecule has 2 aromatic carbocycles. The maximum atomic E-state index is 6.10. The van der Waals surface area contributed by atoms with Crippen LogP contribution in [-0.2, 0) is 4.74 Å². The summed E-state index contributed by atoms with van der Waals surface area (Å²) in [7, 11) is 0. The Kier molecular flexibility index (Phi) is 3.86. The zero-order chi connectivity index (χ0) is 13.9. The molecule has 20 heavy (non-hydrogen) atoms. The molecule has 1 aliphatic rings. The number of hydrogen-bond acceptors (Lipinski definition) is 2. The first-order chi connectivity index (χ1) is 9.74. The standard InChI is InChI=1S/C18H21NO/c1-13-8-9-14(2)16(10-13)18-11-19-17(12-20-18)15-6-4-3-5-7-15/h3-10,17-19H,11-12H2,1-2H3. The lowest BCUT2D eigenvalue weighted by atomic mass is 9.98. The average molecular weight is 267 g/mol. The predicted molar refractivity (Wildman–Crippen MR) is 81.8 cm³/mol. The Balaban J connectivity index is 1.71. The number of morpholine rings is 1. The Labute approximate surface area is 120 Å². The van der Waals surface area contributed by atoms with Crippen LogP contribution in [0.4, 0.5) is 0 Å².